The van der Waals surface area contributed by atoms with E-state index in [1.165, 1.54) is 4.57 Å². The molecule has 0 fully saturated rings. The van der Waals surface area contributed by atoms with Gasteiger partial charge in [0.2, 0.25) is 5.82 Å². The molecule has 4 aromatic rings. The number of rotatable bonds is 3. The third kappa shape index (κ3) is 2.18. The van der Waals surface area contributed by atoms with Gasteiger partial charge in [-0.25, -0.2) is 4.79 Å². The van der Waals surface area contributed by atoms with Gasteiger partial charge >= 0.3 is 5.76 Å². The Balaban J connectivity index is 1.84. The number of aromatic nitrogens is 4. The van der Waals surface area contributed by atoms with Crippen molar-refractivity contribution < 1.29 is 4.52 Å². The van der Waals surface area contributed by atoms with E-state index in [1.54, 1.807) is 24.4 Å². The normalized spacial score (nSPS) is 10.8. The Bertz CT molecular complexity index is 1120. The van der Waals surface area contributed by atoms with Crippen LogP contribution in [0.1, 0.15) is 11.1 Å². The Morgan fingerprint density at radius 1 is 1.21 bits per heavy atom. The average molecular weight is 317 g/mol. The first kappa shape index (κ1) is 14.0. The van der Waals surface area contributed by atoms with E-state index in [1.807, 2.05) is 35.0 Å². The first-order valence-electron chi connectivity index (χ1n) is 7.24. The van der Waals surface area contributed by atoms with Crippen LogP contribution < -0.4 is 5.76 Å². The molecule has 0 N–H and O–H groups in total. The molecule has 0 atom stereocenters. The summed E-state index contributed by atoms with van der Waals surface area (Å²) in [6, 6.07) is 13.1. The van der Waals surface area contributed by atoms with E-state index in [0.29, 0.717) is 22.6 Å². The maximum atomic E-state index is 12.0. The van der Waals surface area contributed by atoms with Crippen LogP contribution in [0.25, 0.3) is 17.0 Å². The summed E-state index contributed by atoms with van der Waals surface area (Å²) in [6.45, 7) is 0.179. The molecule has 116 valence electrons. The molecule has 0 saturated heterocycles. The highest BCUT2D eigenvalue weighted by Gasteiger charge is 2.17. The molecular weight excluding hydrogens is 306 g/mol. The van der Waals surface area contributed by atoms with Gasteiger partial charge in [0.25, 0.3) is 0 Å². The molecule has 0 unspecified atom stereocenters. The third-order valence-electron chi connectivity index (χ3n) is 3.78. The smallest absolute Gasteiger partial charge is 0.322 e. The number of hydrogen-bond acceptors (Lipinski definition) is 5. The van der Waals surface area contributed by atoms with Crippen LogP contribution in [-0.4, -0.2) is 19.1 Å². The zero-order chi connectivity index (χ0) is 16.5. The molecule has 0 aromatic carbocycles. The van der Waals surface area contributed by atoms with Crippen molar-refractivity contribution in [3.63, 3.8) is 0 Å². The van der Waals surface area contributed by atoms with Gasteiger partial charge in [-0.2, -0.15) is 5.26 Å². The van der Waals surface area contributed by atoms with Crippen molar-refractivity contribution in [2.45, 2.75) is 6.54 Å². The Hall–Kier alpha value is -3.66. The van der Waals surface area contributed by atoms with Gasteiger partial charge in [0, 0.05) is 24.2 Å². The molecule has 4 heterocycles. The van der Waals surface area contributed by atoms with E-state index in [4.69, 9.17) is 4.52 Å². The minimum atomic E-state index is -0.588. The molecule has 0 bridgehead atoms. The van der Waals surface area contributed by atoms with E-state index >= 15 is 0 Å². The second kappa shape index (κ2) is 5.52. The summed E-state index contributed by atoms with van der Waals surface area (Å²) in [5.74, 6) is -0.255. The summed E-state index contributed by atoms with van der Waals surface area (Å²) >= 11 is 0. The van der Waals surface area contributed by atoms with Crippen molar-refractivity contribution in [2.75, 3.05) is 0 Å². The number of hydrogen-bond donors (Lipinski definition) is 0. The Kier molecular flexibility index (Phi) is 3.21. The van der Waals surface area contributed by atoms with Crippen molar-refractivity contribution >= 4 is 5.52 Å². The Morgan fingerprint density at radius 2 is 2.08 bits per heavy atom. The minimum Gasteiger partial charge on any atom is -0.322 e. The average Bonchev–Trinajstić information content (AvgIpc) is 3.16. The van der Waals surface area contributed by atoms with Gasteiger partial charge in [-0.05, 0) is 24.3 Å². The van der Waals surface area contributed by atoms with Crippen LogP contribution in [0.2, 0.25) is 0 Å². The molecule has 0 radical (unpaired) electrons. The van der Waals surface area contributed by atoms with E-state index in [0.717, 1.165) is 5.52 Å². The van der Waals surface area contributed by atoms with E-state index in [2.05, 4.69) is 16.2 Å². The van der Waals surface area contributed by atoms with Crippen LogP contribution in [0.15, 0.2) is 64.3 Å². The highest BCUT2D eigenvalue weighted by atomic mass is 16.5. The molecule has 24 heavy (non-hydrogen) atoms. The summed E-state index contributed by atoms with van der Waals surface area (Å²) in [4.78, 5) is 16.2. The molecule has 0 saturated carbocycles. The second-order valence-electron chi connectivity index (χ2n) is 5.21. The molecule has 4 aromatic heterocycles. The van der Waals surface area contributed by atoms with Crippen LogP contribution >= 0.6 is 0 Å². The molecule has 4 rings (SSSR count). The molecule has 7 heteroatoms. The summed E-state index contributed by atoms with van der Waals surface area (Å²) in [5.41, 5.74) is 2.56. The zero-order valence-corrected chi connectivity index (χ0v) is 12.5. The van der Waals surface area contributed by atoms with Gasteiger partial charge in [0.15, 0.2) is 0 Å². The van der Waals surface area contributed by atoms with E-state index in [-0.39, 0.29) is 6.54 Å². The SMILES string of the molecule is N#Cc1c(Cn2c(-c3ccccn3)noc2=O)cn2ccccc12. The van der Waals surface area contributed by atoms with Crippen molar-refractivity contribution in [1.29, 1.82) is 5.26 Å². The Morgan fingerprint density at radius 3 is 2.88 bits per heavy atom. The van der Waals surface area contributed by atoms with Crippen molar-refractivity contribution in [3.8, 4) is 17.6 Å². The van der Waals surface area contributed by atoms with Crippen LogP contribution in [0.5, 0.6) is 0 Å². The fourth-order valence-corrected chi connectivity index (χ4v) is 2.68. The number of nitrogens with zero attached hydrogens (tertiary/aromatic N) is 5. The fraction of sp³-hybridized carbons (Fsp3) is 0.0588. The summed E-state index contributed by atoms with van der Waals surface area (Å²) in [7, 11) is 0. The number of pyridine rings is 2. The van der Waals surface area contributed by atoms with Crippen LogP contribution in [-0.2, 0) is 6.54 Å². The summed E-state index contributed by atoms with van der Waals surface area (Å²) < 4.78 is 8.02. The topological polar surface area (TPSA) is 89.1 Å². The summed E-state index contributed by atoms with van der Waals surface area (Å²) in [6.07, 6.45) is 5.30. The molecule has 7 nitrogen and oxygen atoms in total. The lowest BCUT2D eigenvalue weighted by Gasteiger charge is -2.02. The summed E-state index contributed by atoms with van der Waals surface area (Å²) in [5, 5.41) is 13.3. The third-order valence-corrected chi connectivity index (χ3v) is 3.78. The lowest BCUT2D eigenvalue weighted by molar-refractivity contribution is 0.378. The predicted molar refractivity (Wildman–Crippen MR) is 85.2 cm³/mol. The highest BCUT2D eigenvalue weighted by molar-refractivity contribution is 5.65. The van der Waals surface area contributed by atoms with Gasteiger partial charge in [-0.3, -0.25) is 14.1 Å². The standard InChI is InChI=1S/C17H11N5O2/c18-9-13-12(10-21-8-4-2-6-15(13)21)11-22-16(20-24-17(22)23)14-5-1-3-7-19-14/h1-8,10H,11H2. The monoisotopic (exact) mass is 317 g/mol. The maximum Gasteiger partial charge on any atom is 0.442 e. The van der Waals surface area contributed by atoms with Crippen LogP contribution in [0.4, 0.5) is 0 Å². The Labute approximate surface area is 136 Å². The van der Waals surface area contributed by atoms with Crippen molar-refractivity contribution in [1.82, 2.24) is 19.1 Å². The van der Waals surface area contributed by atoms with E-state index in [9.17, 15) is 10.1 Å². The van der Waals surface area contributed by atoms with Crippen LogP contribution in [0, 0.1) is 11.3 Å². The number of fused-ring (bicyclic) bond motifs is 1. The second-order valence-corrected chi connectivity index (χ2v) is 5.21. The minimum absolute atomic E-state index is 0.179. The van der Waals surface area contributed by atoms with Gasteiger partial charge in [0.1, 0.15) is 11.8 Å². The van der Waals surface area contributed by atoms with Gasteiger partial charge in [-0.15, -0.1) is 0 Å². The lowest BCUT2D eigenvalue weighted by Crippen LogP contribution is -2.16. The molecule has 0 amide bonds. The van der Waals surface area contributed by atoms with Crippen molar-refractivity contribution in [2.24, 2.45) is 0 Å². The zero-order valence-electron chi connectivity index (χ0n) is 12.5. The fourth-order valence-electron chi connectivity index (χ4n) is 2.68. The highest BCUT2D eigenvalue weighted by Crippen LogP contribution is 2.20. The predicted octanol–water partition coefficient (Wildman–Crippen LogP) is 2.07. The molecule has 0 aliphatic heterocycles. The maximum absolute atomic E-state index is 12.0. The quantitative estimate of drug-likeness (QED) is 0.577. The largest absolute Gasteiger partial charge is 0.442 e. The van der Waals surface area contributed by atoms with Gasteiger partial charge in [0.05, 0.1) is 17.6 Å². The first-order valence-corrected chi connectivity index (χ1v) is 7.24. The van der Waals surface area contributed by atoms with E-state index < -0.39 is 5.76 Å². The molecule has 0 aliphatic rings. The first-order chi connectivity index (χ1) is 11.8. The van der Waals surface area contributed by atoms with Gasteiger partial charge in [-0.1, -0.05) is 17.3 Å². The number of nitriles is 1. The van der Waals surface area contributed by atoms with Crippen LogP contribution in [0.3, 0.4) is 0 Å². The molecule has 0 aliphatic carbocycles. The lowest BCUT2D eigenvalue weighted by atomic mass is 10.2. The van der Waals surface area contributed by atoms with Crippen molar-refractivity contribution in [3.05, 3.63) is 76.7 Å². The molecule has 0 spiro atoms. The van der Waals surface area contributed by atoms with Gasteiger partial charge < -0.3 is 4.40 Å². The molecular formula is C17H11N5O2.